The van der Waals surface area contributed by atoms with Gasteiger partial charge in [-0.25, -0.2) is 0 Å². The third-order valence-corrected chi connectivity index (χ3v) is 5.81. The summed E-state index contributed by atoms with van der Waals surface area (Å²) in [6, 6.07) is 16.0. The molecule has 0 radical (unpaired) electrons. The van der Waals surface area contributed by atoms with Gasteiger partial charge < -0.3 is 9.74 Å². The zero-order valence-corrected chi connectivity index (χ0v) is 16.9. The van der Waals surface area contributed by atoms with Crippen molar-refractivity contribution in [3.8, 4) is 0 Å². The number of amides is 1. The highest BCUT2D eigenvalue weighted by molar-refractivity contribution is 6.30. The van der Waals surface area contributed by atoms with E-state index in [-0.39, 0.29) is 17.9 Å². The molecule has 0 N–H and O–H groups in total. The van der Waals surface area contributed by atoms with Crippen molar-refractivity contribution in [3.63, 3.8) is 0 Å². The molecule has 1 saturated carbocycles. The predicted molar refractivity (Wildman–Crippen MR) is 111 cm³/mol. The Kier molecular flexibility index (Phi) is 5.67. The van der Waals surface area contributed by atoms with Gasteiger partial charge in [-0.3, -0.25) is 4.79 Å². The van der Waals surface area contributed by atoms with Crippen LogP contribution >= 0.6 is 11.6 Å². The monoisotopic (exact) mass is 396 g/mol. The molecule has 0 bridgehead atoms. The van der Waals surface area contributed by atoms with Gasteiger partial charge in [0.2, 0.25) is 5.91 Å². The number of nitrogens with zero attached hydrogens (tertiary/aromatic N) is 2. The summed E-state index contributed by atoms with van der Waals surface area (Å²) in [5.41, 5.74) is 4.29. The quantitative estimate of drug-likeness (QED) is 0.691. The number of hydrogen-bond donors (Lipinski definition) is 0. The fourth-order valence-electron chi connectivity index (χ4n) is 3.69. The molecule has 1 heterocycles. The Morgan fingerprint density at radius 1 is 1.21 bits per heavy atom. The molecule has 2 aromatic rings. The second kappa shape index (κ2) is 8.36. The standard InChI is InChI=1S/C23H25ClN2O2/c1-16-8-10-18(11-9-16)22-13-21(28-25-22)15-26(23(27)19-5-3-6-19)14-17-4-2-7-20(24)12-17/h2,4,7-12,19,21H,3,5-6,13-15H2,1H3/t21-/m0/s1. The van der Waals surface area contributed by atoms with Crippen LogP contribution in [0.2, 0.25) is 5.02 Å². The first-order valence-corrected chi connectivity index (χ1v) is 10.3. The molecular weight excluding hydrogens is 372 g/mol. The van der Waals surface area contributed by atoms with E-state index in [4.69, 9.17) is 16.4 Å². The van der Waals surface area contributed by atoms with Crippen molar-refractivity contribution >= 4 is 23.2 Å². The molecular formula is C23H25ClN2O2. The van der Waals surface area contributed by atoms with Gasteiger partial charge in [0, 0.05) is 23.9 Å². The Morgan fingerprint density at radius 2 is 2.00 bits per heavy atom. The van der Waals surface area contributed by atoms with Crippen molar-refractivity contribution in [1.82, 2.24) is 4.90 Å². The van der Waals surface area contributed by atoms with Crippen molar-refractivity contribution in [3.05, 3.63) is 70.2 Å². The molecule has 2 aromatic carbocycles. The van der Waals surface area contributed by atoms with E-state index in [1.54, 1.807) is 0 Å². The van der Waals surface area contributed by atoms with Crippen LogP contribution in [-0.2, 0) is 16.2 Å². The topological polar surface area (TPSA) is 41.9 Å². The van der Waals surface area contributed by atoms with Gasteiger partial charge >= 0.3 is 0 Å². The lowest BCUT2D eigenvalue weighted by Crippen LogP contribution is -2.42. The molecule has 1 aliphatic carbocycles. The molecule has 146 valence electrons. The highest BCUT2D eigenvalue weighted by Gasteiger charge is 2.32. The minimum atomic E-state index is -0.112. The van der Waals surface area contributed by atoms with Crippen molar-refractivity contribution in [1.29, 1.82) is 0 Å². The molecule has 1 fully saturated rings. The minimum Gasteiger partial charge on any atom is -0.390 e. The third-order valence-electron chi connectivity index (χ3n) is 5.57. The van der Waals surface area contributed by atoms with Gasteiger partial charge in [0.25, 0.3) is 0 Å². The maximum atomic E-state index is 13.0. The first kappa shape index (κ1) is 19.0. The predicted octanol–water partition coefficient (Wildman–Crippen LogP) is 4.97. The maximum Gasteiger partial charge on any atom is 0.226 e. The lowest BCUT2D eigenvalue weighted by atomic mass is 9.84. The number of rotatable bonds is 6. The van der Waals surface area contributed by atoms with Crippen LogP contribution in [0.25, 0.3) is 0 Å². The smallest absolute Gasteiger partial charge is 0.226 e. The summed E-state index contributed by atoms with van der Waals surface area (Å²) >= 11 is 6.13. The molecule has 0 aromatic heterocycles. The van der Waals surface area contributed by atoms with E-state index in [0.717, 1.165) is 36.1 Å². The highest BCUT2D eigenvalue weighted by Crippen LogP contribution is 2.30. The van der Waals surface area contributed by atoms with Crippen LogP contribution < -0.4 is 0 Å². The van der Waals surface area contributed by atoms with Gasteiger partial charge in [0.1, 0.15) is 0 Å². The molecule has 1 atom stereocenters. The van der Waals surface area contributed by atoms with E-state index in [9.17, 15) is 4.79 Å². The van der Waals surface area contributed by atoms with Crippen LogP contribution in [0.15, 0.2) is 53.7 Å². The summed E-state index contributed by atoms with van der Waals surface area (Å²) in [7, 11) is 0. The Balaban J connectivity index is 1.43. The summed E-state index contributed by atoms with van der Waals surface area (Å²) in [4.78, 5) is 20.6. The van der Waals surface area contributed by atoms with Gasteiger partial charge in [-0.2, -0.15) is 0 Å². The summed E-state index contributed by atoms with van der Waals surface area (Å²) < 4.78 is 0. The SMILES string of the molecule is Cc1ccc(C2=NO[C@H](CN(Cc3cccc(Cl)c3)C(=O)C3CCC3)C2)cc1. The Morgan fingerprint density at radius 3 is 2.68 bits per heavy atom. The summed E-state index contributed by atoms with van der Waals surface area (Å²) in [6.45, 7) is 3.16. The van der Waals surface area contributed by atoms with Crippen LogP contribution in [-0.4, -0.2) is 29.2 Å². The zero-order valence-electron chi connectivity index (χ0n) is 16.1. The van der Waals surface area contributed by atoms with Gasteiger partial charge in [-0.1, -0.05) is 65.1 Å². The largest absolute Gasteiger partial charge is 0.390 e. The number of halogens is 1. The van der Waals surface area contributed by atoms with E-state index in [0.29, 0.717) is 24.5 Å². The second-order valence-corrected chi connectivity index (χ2v) is 8.25. The number of carbonyl (C=O) groups excluding carboxylic acids is 1. The fourth-order valence-corrected chi connectivity index (χ4v) is 3.90. The minimum absolute atomic E-state index is 0.112. The number of carbonyl (C=O) groups is 1. The van der Waals surface area contributed by atoms with Gasteiger partial charge in [-0.15, -0.1) is 0 Å². The molecule has 0 saturated heterocycles. The van der Waals surface area contributed by atoms with Crippen LogP contribution in [0.3, 0.4) is 0 Å². The second-order valence-electron chi connectivity index (χ2n) is 7.81. The van der Waals surface area contributed by atoms with Crippen LogP contribution in [0.5, 0.6) is 0 Å². The van der Waals surface area contributed by atoms with Gasteiger partial charge in [0.15, 0.2) is 6.10 Å². The number of oxime groups is 1. The average molecular weight is 397 g/mol. The lowest BCUT2D eigenvalue weighted by Gasteiger charge is -2.32. The Labute approximate surface area is 171 Å². The molecule has 5 heteroatoms. The Bertz CT molecular complexity index is 874. The molecule has 0 spiro atoms. The highest BCUT2D eigenvalue weighted by atomic mass is 35.5. The summed E-state index contributed by atoms with van der Waals surface area (Å²) in [5.74, 6) is 0.372. The van der Waals surface area contributed by atoms with E-state index in [1.165, 1.54) is 5.56 Å². The van der Waals surface area contributed by atoms with Gasteiger partial charge in [0.05, 0.1) is 12.3 Å². The zero-order chi connectivity index (χ0) is 19.5. The average Bonchev–Trinajstić information content (AvgIpc) is 3.09. The normalized spacial score (nSPS) is 18.9. The lowest BCUT2D eigenvalue weighted by molar-refractivity contribution is -0.140. The summed E-state index contributed by atoms with van der Waals surface area (Å²) in [6.07, 6.45) is 3.72. The first-order chi connectivity index (χ1) is 13.6. The molecule has 2 aliphatic rings. The molecule has 4 rings (SSSR count). The van der Waals surface area contributed by atoms with Crippen molar-refractivity contribution in [2.45, 2.75) is 45.3 Å². The molecule has 4 nitrogen and oxygen atoms in total. The van der Waals surface area contributed by atoms with Crippen molar-refractivity contribution < 1.29 is 9.63 Å². The number of benzene rings is 2. The first-order valence-electron chi connectivity index (χ1n) is 9.91. The molecule has 28 heavy (non-hydrogen) atoms. The number of hydrogen-bond acceptors (Lipinski definition) is 3. The van der Waals surface area contributed by atoms with E-state index in [2.05, 4.69) is 36.3 Å². The van der Waals surface area contributed by atoms with Crippen LogP contribution in [0.4, 0.5) is 0 Å². The van der Waals surface area contributed by atoms with Gasteiger partial charge in [-0.05, 0) is 43.0 Å². The van der Waals surface area contributed by atoms with E-state index in [1.807, 2.05) is 29.2 Å². The van der Waals surface area contributed by atoms with Crippen LogP contribution in [0.1, 0.15) is 42.4 Å². The Hall–Kier alpha value is -2.33. The number of aryl methyl sites for hydroxylation is 1. The van der Waals surface area contributed by atoms with Crippen molar-refractivity contribution in [2.75, 3.05) is 6.54 Å². The molecule has 1 aliphatic heterocycles. The van der Waals surface area contributed by atoms with E-state index >= 15 is 0 Å². The van der Waals surface area contributed by atoms with Crippen LogP contribution in [0, 0.1) is 12.8 Å². The summed E-state index contributed by atoms with van der Waals surface area (Å²) in [5, 5.41) is 4.98. The van der Waals surface area contributed by atoms with Crippen molar-refractivity contribution in [2.24, 2.45) is 11.1 Å². The maximum absolute atomic E-state index is 13.0. The third kappa shape index (κ3) is 4.39. The molecule has 0 unspecified atom stereocenters. The fraction of sp³-hybridized carbons (Fsp3) is 0.391. The molecule has 1 amide bonds. The van der Waals surface area contributed by atoms with E-state index < -0.39 is 0 Å².